The molecule has 76 valence electrons. The lowest BCUT2D eigenvalue weighted by Gasteiger charge is -2.17. The lowest BCUT2D eigenvalue weighted by atomic mass is 10.1. The molecule has 0 saturated heterocycles. The fourth-order valence-electron chi connectivity index (χ4n) is 1.77. The number of aryl methyl sites for hydroxylation is 2. The zero-order valence-electron chi connectivity index (χ0n) is 8.42. The average molecular weight is 212 g/mol. The quantitative estimate of drug-likeness (QED) is 0.711. The zero-order chi connectivity index (χ0) is 10.1. The molecule has 0 bridgehead atoms. The highest BCUT2D eigenvalue weighted by Gasteiger charge is 2.14. The summed E-state index contributed by atoms with van der Waals surface area (Å²) >= 11 is 6.05. The minimum atomic E-state index is 0.0916. The Morgan fingerprint density at radius 1 is 1.64 bits per heavy atom. The van der Waals surface area contributed by atoms with Gasteiger partial charge in [-0.15, -0.1) is 11.6 Å². The molecule has 2 heterocycles. The predicted octanol–water partition coefficient (Wildman–Crippen LogP) is 1.32. The lowest BCUT2D eigenvalue weighted by Crippen LogP contribution is -2.29. The van der Waals surface area contributed by atoms with Crippen molar-refractivity contribution in [3.63, 3.8) is 0 Å². The summed E-state index contributed by atoms with van der Waals surface area (Å²) in [6.45, 7) is 3.72. The van der Waals surface area contributed by atoms with E-state index in [0.29, 0.717) is 0 Å². The van der Waals surface area contributed by atoms with Gasteiger partial charge in [0, 0.05) is 20.1 Å². The first kappa shape index (κ1) is 9.74. The van der Waals surface area contributed by atoms with Crippen LogP contribution in [0, 0.1) is 6.92 Å². The Morgan fingerprint density at radius 3 is 3.00 bits per heavy atom. The van der Waals surface area contributed by atoms with Crippen LogP contribution in [0.1, 0.15) is 11.4 Å². The molecule has 1 unspecified atom stereocenters. The fourth-order valence-corrected chi connectivity index (χ4v) is 2.03. The van der Waals surface area contributed by atoms with Crippen molar-refractivity contribution in [1.29, 1.82) is 0 Å². The van der Waals surface area contributed by atoms with E-state index in [2.05, 4.69) is 22.6 Å². The second-order valence-electron chi connectivity index (χ2n) is 3.63. The minimum absolute atomic E-state index is 0.0916. The number of nitrogens with zero attached hydrogens (tertiary/aromatic N) is 2. The van der Waals surface area contributed by atoms with Gasteiger partial charge in [-0.1, -0.05) is 6.08 Å². The number of rotatable bonds is 1. The first-order valence-electron chi connectivity index (χ1n) is 4.73. The standard InChI is InChI=1S/C10H14ClN3/c1-7-3-10(14(2)13-7)8-4-9(11)6-12-5-8/h3-4,9,12H,5-6H2,1-2H3. The van der Waals surface area contributed by atoms with E-state index in [1.54, 1.807) is 0 Å². The molecule has 1 N–H and O–H groups in total. The Bertz CT molecular complexity index is 367. The molecular weight excluding hydrogens is 198 g/mol. The highest BCUT2D eigenvalue weighted by atomic mass is 35.5. The first-order chi connectivity index (χ1) is 6.66. The van der Waals surface area contributed by atoms with E-state index in [4.69, 9.17) is 11.6 Å². The molecule has 0 radical (unpaired) electrons. The van der Waals surface area contributed by atoms with Crippen LogP contribution in [0.4, 0.5) is 0 Å². The van der Waals surface area contributed by atoms with Gasteiger partial charge in [-0.05, 0) is 18.6 Å². The van der Waals surface area contributed by atoms with Crippen molar-refractivity contribution in [3.8, 4) is 0 Å². The van der Waals surface area contributed by atoms with Crippen LogP contribution >= 0.6 is 11.6 Å². The number of hydrogen-bond donors (Lipinski definition) is 1. The van der Waals surface area contributed by atoms with Gasteiger partial charge in [-0.25, -0.2) is 0 Å². The van der Waals surface area contributed by atoms with E-state index in [9.17, 15) is 0 Å². The monoisotopic (exact) mass is 211 g/mol. The van der Waals surface area contributed by atoms with Crippen LogP contribution in [0.5, 0.6) is 0 Å². The molecule has 14 heavy (non-hydrogen) atoms. The molecule has 0 aliphatic carbocycles. The van der Waals surface area contributed by atoms with Gasteiger partial charge in [0.15, 0.2) is 0 Å². The number of alkyl halides is 1. The first-order valence-corrected chi connectivity index (χ1v) is 5.17. The summed E-state index contributed by atoms with van der Waals surface area (Å²) in [5, 5.41) is 7.69. The number of hydrogen-bond acceptors (Lipinski definition) is 2. The van der Waals surface area contributed by atoms with E-state index < -0.39 is 0 Å². The molecule has 1 aliphatic rings. The van der Waals surface area contributed by atoms with Crippen LogP contribution in [-0.4, -0.2) is 28.2 Å². The van der Waals surface area contributed by atoms with Crippen LogP contribution in [-0.2, 0) is 7.05 Å². The molecule has 2 rings (SSSR count). The molecule has 0 aromatic carbocycles. The van der Waals surface area contributed by atoms with Crippen LogP contribution in [0.15, 0.2) is 12.1 Å². The van der Waals surface area contributed by atoms with Crippen molar-refractivity contribution >= 4 is 17.2 Å². The van der Waals surface area contributed by atoms with Gasteiger partial charge in [-0.2, -0.15) is 5.10 Å². The molecule has 1 aliphatic heterocycles. The maximum absolute atomic E-state index is 6.05. The van der Waals surface area contributed by atoms with Crippen LogP contribution in [0.3, 0.4) is 0 Å². The van der Waals surface area contributed by atoms with Crippen molar-refractivity contribution in [3.05, 3.63) is 23.5 Å². The zero-order valence-corrected chi connectivity index (χ0v) is 9.17. The van der Waals surface area contributed by atoms with Crippen LogP contribution in [0.25, 0.3) is 5.57 Å². The molecule has 0 saturated carbocycles. The third-order valence-corrected chi connectivity index (χ3v) is 2.65. The van der Waals surface area contributed by atoms with Crippen molar-refractivity contribution < 1.29 is 0 Å². The lowest BCUT2D eigenvalue weighted by molar-refractivity contribution is 0.713. The Hall–Kier alpha value is -0.800. The summed E-state index contributed by atoms with van der Waals surface area (Å²) < 4.78 is 1.90. The molecule has 3 nitrogen and oxygen atoms in total. The Kier molecular flexibility index (Phi) is 2.61. The largest absolute Gasteiger partial charge is 0.311 e. The molecule has 0 spiro atoms. The van der Waals surface area contributed by atoms with Gasteiger partial charge in [0.1, 0.15) is 0 Å². The maximum atomic E-state index is 6.05. The topological polar surface area (TPSA) is 29.9 Å². The van der Waals surface area contributed by atoms with E-state index in [-0.39, 0.29) is 5.38 Å². The van der Waals surface area contributed by atoms with E-state index in [0.717, 1.165) is 24.5 Å². The highest BCUT2D eigenvalue weighted by molar-refractivity contribution is 6.22. The summed E-state index contributed by atoms with van der Waals surface area (Å²) in [5.74, 6) is 0. The van der Waals surface area contributed by atoms with Crippen molar-refractivity contribution in [2.45, 2.75) is 12.3 Å². The average Bonchev–Trinajstić information content (AvgIpc) is 2.45. The molecule has 1 aromatic rings. The van der Waals surface area contributed by atoms with Gasteiger partial charge < -0.3 is 5.32 Å². The van der Waals surface area contributed by atoms with E-state index >= 15 is 0 Å². The van der Waals surface area contributed by atoms with Gasteiger partial charge in [0.2, 0.25) is 0 Å². The van der Waals surface area contributed by atoms with E-state index in [1.807, 2.05) is 18.7 Å². The second kappa shape index (κ2) is 3.75. The molecule has 0 fully saturated rings. The highest BCUT2D eigenvalue weighted by Crippen LogP contribution is 2.19. The number of halogens is 1. The number of aromatic nitrogens is 2. The van der Waals surface area contributed by atoms with Crippen molar-refractivity contribution in [2.75, 3.05) is 13.1 Å². The van der Waals surface area contributed by atoms with Crippen LogP contribution < -0.4 is 5.32 Å². The Balaban J connectivity index is 2.34. The van der Waals surface area contributed by atoms with Gasteiger partial charge >= 0.3 is 0 Å². The van der Waals surface area contributed by atoms with Crippen molar-refractivity contribution in [2.24, 2.45) is 7.05 Å². The van der Waals surface area contributed by atoms with Crippen LogP contribution in [0.2, 0.25) is 0 Å². The van der Waals surface area contributed by atoms with E-state index in [1.165, 1.54) is 5.57 Å². The molecule has 1 atom stereocenters. The third kappa shape index (κ3) is 1.83. The molecule has 0 amide bonds. The molecule has 1 aromatic heterocycles. The summed E-state index contributed by atoms with van der Waals surface area (Å²) in [4.78, 5) is 0. The second-order valence-corrected chi connectivity index (χ2v) is 4.19. The summed E-state index contributed by atoms with van der Waals surface area (Å²) in [6, 6.07) is 2.09. The van der Waals surface area contributed by atoms with Gasteiger partial charge in [0.05, 0.1) is 16.8 Å². The van der Waals surface area contributed by atoms with Gasteiger partial charge in [0.25, 0.3) is 0 Å². The molecular formula is C10H14ClN3. The third-order valence-electron chi connectivity index (χ3n) is 2.37. The number of nitrogens with one attached hydrogen (secondary N) is 1. The minimum Gasteiger partial charge on any atom is -0.311 e. The van der Waals surface area contributed by atoms with Gasteiger partial charge in [-0.3, -0.25) is 4.68 Å². The summed E-state index contributed by atoms with van der Waals surface area (Å²) in [5.41, 5.74) is 3.43. The summed E-state index contributed by atoms with van der Waals surface area (Å²) in [6.07, 6.45) is 2.11. The maximum Gasteiger partial charge on any atom is 0.0651 e. The smallest absolute Gasteiger partial charge is 0.0651 e. The Morgan fingerprint density at radius 2 is 2.43 bits per heavy atom. The summed E-state index contributed by atoms with van der Waals surface area (Å²) in [7, 11) is 1.96. The normalized spacial score (nSPS) is 22.2. The van der Waals surface area contributed by atoms with Crippen molar-refractivity contribution in [1.82, 2.24) is 15.1 Å². The Labute approximate surface area is 88.8 Å². The molecule has 4 heteroatoms. The predicted molar refractivity (Wildman–Crippen MR) is 58.4 cm³/mol. The SMILES string of the molecule is Cc1cc(C2=CC(Cl)CNC2)n(C)n1. The fraction of sp³-hybridized carbons (Fsp3) is 0.500.